The first kappa shape index (κ1) is 12.5. The number of anilines is 1. The Morgan fingerprint density at radius 2 is 2.26 bits per heavy atom. The van der Waals surface area contributed by atoms with Crippen LogP contribution < -0.4 is 4.90 Å². The Bertz CT molecular complexity index is 472. The van der Waals surface area contributed by atoms with Crippen LogP contribution in [0.15, 0.2) is 18.3 Å². The smallest absolute Gasteiger partial charge is 0.354 e. The molecule has 0 aromatic carbocycles. The molecule has 4 nitrogen and oxygen atoms in total. The average molecular weight is 260 g/mol. The number of aromatic carboxylic acids is 1. The van der Waals surface area contributed by atoms with Gasteiger partial charge in [0.15, 0.2) is 0 Å². The fourth-order valence-electron chi connectivity index (χ4n) is 3.80. The normalized spacial score (nSPS) is 28.6. The van der Waals surface area contributed by atoms with Crippen LogP contribution in [0.3, 0.4) is 0 Å². The van der Waals surface area contributed by atoms with Crippen molar-refractivity contribution < 1.29 is 9.90 Å². The lowest BCUT2D eigenvalue weighted by Crippen LogP contribution is -2.28. The summed E-state index contributed by atoms with van der Waals surface area (Å²) in [5, 5.41) is 8.84. The highest BCUT2D eigenvalue weighted by molar-refractivity contribution is 5.85. The molecule has 2 aliphatic rings. The second kappa shape index (κ2) is 4.83. The van der Waals surface area contributed by atoms with E-state index in [2.05, 4.69) is 16.9 Å². The average Bonchev–Trinajstić information content (AvgIpc) is 3.01. The number of pyridine rings is 1. The third-order valence-corrected chi connectivity index (χ3v) is 4.80. The van der Waals surface area contributed by atoms with E-state index in [-0.39, 0.29) is 5.69 Å². The Morgan fingerprint density at radius 3 is 2.79 bits per heavy atom. The SMILES string of the molecule is CN(CC1CC2CCC1C2)c1ccc(C(=O)O)nc1. The molecule has 3 unspecified atom stereocenters. The van der Waals surface area contributed by atoms with E-state index in [9.17, 15) is 4.79 Å². The van der Waals surface area contributed by atoms with Gasteiger partial charge in [0, 0.05) is 13.6 Å². The van der Waals surface area contributed by atoms with Crippen molar-refractivity contribution in [2.24, 2.45) is 17.8 Å². The molecule has 19 heavy (non-hydrogen) atoms. The summed E-state index contributed by atoms with van der Waals surface area (Å²) in [6.45, 7) is 1.06. The maximum atomic E-state index is 10.8. The molecular weight excluding hydrogens is 240 g/mol. The van der Waals surface area contributed by atoms with Crippen LogP contribution in [0.4, 0.5) is 5.69 Å². The van der Waals surface area contributed by atoms with Gasteiger partial charge in [-0.2, -0.15) is 0 Å². The summed E-state index contributed by atoms with van der Waals surface area (Å²) < 4.78 is 0. The Kier molecular flexibility index (Phi) is 3.17. The molecule has 3 atom stereocenters. The molecule has 0 radical (unpaired) electrons. The van der Waals surface area contributed by atoms with Gasteiger partial charge in [-0.05, 0) is 49.1 Å². The van der Waals surface area contributed by atoms with Crippen molar-refractivity contribution in [1.82, 2.24) is 4.98 Å². The number of carbonyl (C=O) groups is 1. The van der Waals surface area contributed by atoms with Crippen molar-refractivity contribution in [3.8, 4) is 0 Å². The van der Waals surface area contributed by atoms with Gasteiger partial charge in [-0.25, -0.2) is 9.78 Å². The first-order valence-corrected chi connectivity index (χ1v) is 7.04. The highest BCUT2D eigenvalue weighted by atomic mass is 16.4. The predicted molar refractivity (Wildman–Crippen MR) is 73.4 cm³/mol. The van der Waals surface area contributed by atoms with Crippen molar-refractivity contribution in [2.45, 2.75) is 25.7 Å². The first-order chi connectivity index (χ1) is 9.13. The molecule has 2 aliphatic carbocycles. The van der Waals surface area contributed by atoms with Crippen molar-refractivity contribution in [3.63, 3.8) is 0 Å². The number of fused-ring (bicyclic) bond motifs is 2. The standard InChI is InChI=1S/C15H20N2O2/c1-17(9-12-7-10-2-3-11(12)6-10)13-4-5-14(15(18)19)16-8-13/h4-5,8,10-12H,2-3,6-7,9H2,1H3,(H,18,19). The van der Waals surface area contributed by atoms with Crippen molar-refractivity contribution >= 4 is 11.7 Å². The second-order valence-electron chi connectivity index (χ2n) is 6.02. The van der Waals surface area contributed by atoms with Gasteiger partial charge in [0.2, 0.25) is 0 Å². The van der Waals surface area contributed by atoms with E-state index in [1.165, 1.54) is 25.7 Å². The molecule has 1 aromatic rings. The molecule has 0 amide bonds. The van der Waals surface area contributed by atoms with Crippen LogP contribution >= 0.6 is 0 Å². The Labute approximate surface area is 113 Å². The number of carboxylic acid groups (broad SMARTS) is 1. The zero-order valence-electron chi connectivity index (χ0n) is 11.2. The number of aromatic nitrogens is 1. The van der Waals surface area contributed by atoms with Gasteiger partial charge in [0.05, 0.1) is 11.9 Å². The van der Waals surface area contributed by atoms with E-state index >= 15 is 0 Å². The minimum atomic E-state index is -0.970. The van der Waals surface area contributed by atoms with Crippen LogP contribution in [0, 0.1) is 17.8 Å². The van der Waals surface area contributed by atoms with E-state index in [1.807, 2.05) is 6.07 Å². The summed E-state index contributed by atoms with van der Waals surface area (Å²) in [6.07, 6.45) is 7.29. The minimum absolute atomic E-state index is 0.108. The topological polar surface area (TPSA) is 53.4 Å². The predicted octanol–water partition coefficient (Wildman–Crippen LogP) is 2.65. The lowest BCUT2D eigenvalue weighted by atomic mass is 9.88. The third-order valence-electron chi connectivity index (χ3n) is 4.80. The molecule has 0 aliphatic heterocycles. The van der Waals surface area contributed by atoms with Gasteiger partial charge in [0.1, 0.15) is 5.69 Å². The molecule has 2 bridgehead atoms. The van der Waals surface area contributed by atoms with Gasteiger partial charge in [-0.1, -0.05) is 6.42 Å². The first-order valence-electron chi connectivity index (χ1n) is 7.04. The Morgan fingerprint density at radius 1 is 1.42 bits per heavy atom. The summed E-state index contributed by atoms with van der Waals surface area (Å²) >= 11 is 0. The lowest BCUT2D eigenvalue weighted by Gasteiger charge is -2.28. The fourth-order valence-corrected chi connectivity index (χ4v) is 3.80. The number of rotatable bonds is 4. The highest BCUT2D eigenvalue weighted by Gasteiger charge is 2.39. The summed E-state index contributed by atoms with van der Waals surface area (Å²) in [4.78, 5) is 17.0. The Balaban J connectivity index is 1.63. The van der Waals surface area contributed by atoms with Gasteiger partial charge in [0.25, 0.3) is 0 Å². The second-order valence-corrected chi connectivity index (χ2v) is 6.02. The van der Waals surface area contributed by atoms with Gasteiger partial charge in [-0.3, -0.25) is 0 Å². The van der Waals surface area contributed by atoms with E-state index in [0.29, 0.717) is 0 Å². The van der Waals surface area contributed by atoms with Crippen LogP contribution in [0.2, 0.25) is 0 Å². The molecule has 1 N–H and O–H groups in total. The number of nitrogens with zero attached hydrogens (tertiary/aromatic N) is 2. The molecule has 1 heterocycles. The third kappa shape index (κ3) is 2.44. The maximum Gasteiger partial charge on any atom is 0.354 e. The molecule has 102 valence electrons. The molecular formula is C15H20N2O2. The molecule has 4 heteroatoms. The monoisotopic (exact) mass is 260 g/mol. The highest BCUT2D eigenvalue weighted by Crippen LogP contribution is 2.48. The number of carboxylic acids is 1. The molecule has 2 saturated carbocycles. The zero-order chi connectivity index (χ0) is 13.4. The number of hydrogen-bond acceptors (Lipinski definition) is 3. The van der Waals surface area contributed by atoms with Gasteiger partial charge < -0.3 is 10.0 Å². The summed E-state index contributed by atoms with van der Waals surface area (Å²) in [7, 11) is 2.07. The molecule has 3 rings (SSSR count). The van der Waals surface area contributed by atoms with Crippen molar-refractivity contribution in [2.75, 3.05) is 18.5 Å². The fraction of sp³-hybridized carbons (Fsp3) is 0.600. The summed E-state index contributed by atoms with van der Waals surface area (Å²) in [6, 6.07) is 3.43. The van der Waals surface area contributed by atoms with Crippen LogP contribution in [0.1, 0.15) is 36.2 Å². The minimum Gasteiger partial charge on any atom is -0.477 e. The Hall–Kier alpha value is -1.58. The molecule has 0 spiro atoms. The van der Waals surface area contributed by atoms with E-state index in [1.54, 1.807) is 12.3 Å². The maximum absolute atomic E-state index is 10.8. The molecule has 2 fully saturated rings. The lowest BCUT2D eigenvalue weighted by molar-refractivity contribution is 0.0690. The van der Waals surface area contributed by atoms with Gasteiger partial charge >= 0.3 is 5.97 Å². The van der Waals surface area contributed by atoms with Crippen LogP contribution in [0.5, 0.6) is 0 Å². The quantitative estimate of drug-likeness (QED) is 0.904. The van der Waals surface area contributed by atoms with Gasteiger partial charge in [-0.15, -0.1) is 0 Å². The largest absolute Gasteiger partial charge is 0.477 e. The van der Waals surface area contributed by atoms with Crippen LogP contribution in [-0.4, -0.2) is 29.7 Å². The summed E-state index contributed by atoms with van der Waals surface area (Å²) in [5.74, 6) is 1.72. The summed E-state index contributed by atoms with van der Waals surface area (Å²) in [5.41, 5.74) is 1.12. The van der Waals surface area contributed by atoms with Crippen LogP contribution in [-0.2, 0) is 0 Å². The van der Waals surface area contributed by atoms with Crippen LogP contribution in [0.25, 0.3) is 0 Å². The van der Waals surface area contributed by atoms with E-state index < -0.39 is 5.97 Å². The van der Waals surface area contributed by atoms with Crippen molar-refractivity contribution in [3.05, 3.63) is 24.0 Å². The molecule has 0 saturated heterocycles. The van der Waals surface area contributed by atoms with E-state index in [0.717, 1.165) is 30.0 Å². The molecule has 1 aromatic heterocycles. The van der Waals surface area contributed by atoms with Crippen molar-refractivity contribution in [1.29, 1.82) is 0 Å². The van der Waals surface area contributed by atoms with E-state index in [4.69, 9.17) is 5.11 Å². The number of hydrogen-bond donors (Lipinski definition) is 1. The zero-order valence-corrected chi connectivity index (χ0v) is 11.2.